The van der Waals surface area contributed by atoms with Crippen LogP contribution in [-0.4, -0.2) is 17.1 Å². The highest BCUT2D eigenvalue weighted by molar-refractivity contribution is 5.19. The third-order valence-corrected chi connectivity index (χ3v) is 2.30. The summed E-state index contributed by atoms with van der Waals surface area (Å²) in [6.07, 6.45) is 3.89. The normalized spacial score (nSPS) is 18.3. The van der Waals surface area contributed by atoms with Crippen molar-refractivity contribution in [1.82, 2.24) is 4.98 Å². The van der Waals surface area contributed by atoms with Gasteiger partial charge in [0.2, 0.25) is 0 Å². The smallest absolute Gasteiger partial charge is 0.137 e. The Balaban J connectivity index is 1.91. The van der Waals surface area contributed by atoms with E-state index >= 15 is 0 Å². The van der Waals surface area contributed by atoms with Crippen molar-refractivity contribution in [3.63, 3.8) is 0 Å². The summed E-state index contributed by atoms with van der Waals surface area (Å²) in [5, 5.41) is 0. The molecule has 2 rings (SSSR count). The van der Waals surface area contributed by atoms with Crippen molar-refractivity contribution in [3.05, 3.63) is 24.0 Å². The third kappa shape index (κ3) is 2.18. The van der Waals surface area contributed by atoms with Crippen LogP contribution in [0.5, 0.6) is 5.75 Å². The zero-order valence-electron chi connectivity index (χ0n) is 7.79. The Morgan fingerprint density at radius 2 is 2.31 bits per heavy atom. The van der Waals surface area contributed by atoms with Gasteiger partial charge in [-0.05, 0) is 31.9 Å². The average molecular weight is 178 g/mol. The molecule has 1 heterocycles. The predicted molar refractivity (Wildman–Crippen MR) is 50.6 cm³/mol. The first-order chi connectivity index (χ1) is 6.18. The van der Waals surface area contributed by atoms with E-state index in [0.29, 0.717) is 6.61 Å². The summed E-state index contributed by atoms with van der Waals surface area (Å²) in [5.41, 5.74) is 6.83. The number of aromatic nitrogens is 1. The van der Waals surface area contributed by atoms with E-state index in [1.807, 2.05) is 19.1 Å². The van der Waals surface area contributed by atoms with Crippen LogP contribution in [0.15, 0.2) is 18.3 Å². The fourth-order valence-corrected chi connectivity index (χ4v) is 1.07. The van der Waals surface area contributed by atoms with Crippen molar-refractivity contribution in [2.45, 2.75) is 25.3 Å². The second kappa shape index (κ2) is 3.00. The van der Waals surface area contributed by atoms with E-state index in [9.17, 15) is 0 Å². The van der Waals surface area contributed by atoms with Crippen LogP contribution in [-0.2, 0) is 0 Å². The molecule has 0 bridgehead atoms. The van der Waals surface area contributed by atoms with Crippen molar-refractivity contribution in [1.29, 1.82) is 0 Å². The molecule has 0 amide bonds. The van der Waals surface area contributed by atoms with E-state index in [2.05, 4.69) is 4.98 Å². The first-order valence-corrected chi connectivity index (χ1v) is 4.52. The first-order valence-electron chi connectivity index (χ1n) is 4.52. The predicted octanol–water partition coefficient (Wildman–Crippen LogP) is 1.26. The van der Waals surface area contributed by atoms with E-state index in [1.54, 1.807) is 6.20 Å². The molecule has 0 aliphatic heterocycles. The first kappa shape index (κ1) is 8.51. The molecule has 13 heavy (non-hydrogen) atoms. The molecule has 3 heteroatoms. The van der Waals surface area contributed by atoms with E-state index in [4.69, 9.17) is 10.5 Å². The molecule has 1 aromatic heterocycles. The van der Waals surface area contributed by atoms with Gasteiger partial charge in [-0.3, -0.25) is 4.98 Å². The Bertz CT molecular complexity index is 290. The summed E-state index contributed by atoms with van der Waals surface area (Å²) >= 11 is 0. The number of hydrogen-bond donors (Lipinski definition) is 1. The summed E-state index contributed by atoms with van der Waals surface area (Å²) in [4.78, 5) is 4.13. The van der Waals surface area contributed by atoms with Crippen LogP contribution in [0.3, 0.4) is 0 Å². The van der Waals surface area contributed by atoms with Gasteiger partial charge in [0.1, 0.15) is 12.4 Å². The molecule has 0 radical (unpaired) electrons. The SMILES string of the molecule is Cc1ccc(OCC2(N)CC2)cn1. The van der Waals surface area contributed by atoms with Gasteiger partial charge < -0.3 is 10.5 Å². The molecule has 3 nitrogen and oxygen atoms in total. The van der Waals surface area contributed by atoms with Crippen LogP contribution in [0.2, 0.25) is 0 Å². The highest BCUT2D eigenvalue weighted by atomic mass is 16.5. The minimum atomic E-state index is -0.0507. The van der Waals surface area contributed by atoms with Gasteiger partial charge in [-0.25, -0.2) is 0 Å². The van der Waals surface area contributed by atoms with Crippen LogP contribution in [0.4, 0.5) is 0 Å². The zero-order valence-corrected chi connectivity index (χ0v) is 7.79. The molecule has 1 aliphatic rings. The third-order valence-electron chi connectivity index (χ3n) is 2.30. The van der Waals surface area contributed by atoms with Gasteiger partial charge in [0.25, 0.3) is 0 Å². The Kier molecular flexibility index (Phi) is 1.96. The van der Waals surface area contributed by atoms with Gasteiger partial charge in [0.05, 0.1) is 11.7 Å². The molecule has 1 saturated carbocycles. The molecule has 70 valence electrons. The number of aryl methyl sites for hydroxylation is 1. The molecular formula is C10H14N2O. The molecule has 0 aromatic carbocycles. The number of nitrogens with two attached hydrogens (primary N) is 1. The van der Waals surface area contributed by atoms with Gasteiger partial charge in [-0.2, -0.15) is 0 Å². The molecule has 0 atom stereocenters. The Morgan fingerprint density at radius 3 is 2.85 bits per heavy atom. The second-order valence-electron chi connectivity index (χ2n) is 3.79. The maximum atomic E-state index is 5.88. The fraction of sp³-hybridized carbons (Fsp3) is 0.500. The lowest BCUT2D eigenvalue weighted by Gasteiger charge is -2.10. The van der Waals surface area contributed by atoms with E-state index in [-0.39, 0.29) is 5.54 Å². The molecule has 0 unspecified atom stereocenters. The topological polar surface area (TPSA) is 48.1 Å². The number of hydrogen-bond acceptors (Lipinski definition) is 3. The van der Waals surface area contributed by atoms with Crippen molar-refractivity contribution >= 4 is 0 Å². The molecule has 1 fully saturated rings. The van der Waals surface area contributed by atoms with Crippen LogP contribution in [0.25, 0.3) is 0 Å². The number of rotatable bonds is 3. The number of ether oxygens (including phenoxy) is 1. The fourth-order valence-electron chi connectivity index (χ4n) is 1.07. The highest BCUT2D eigenvalue weighted by Gasteiger charge is 2.39. The average Bonchev–Trinajstić information content (AvgIpc) is 2.84. The Hall–Kier alpha value is -1.09. The van der Waals surface area contributed by atoms with E-state index in [1.165, 1.54) is 0 Å². The maximum absolute atomic E-state index is 5.88. The van der Waals surface area contributed by atoms with Crippen LogP contribution in [0, 0.1) is 6.92 Å². The van der Waals surface area contributed by atoms with Crippen molar-refractivity contribution in [2.75, 3.05) is 6.61 Å². The second-order valence-corrected chi connectivity index (χ2v) is 3.79. The van der Waals surface area contributed by atoms with E-state index < -0.39 is 0 Å². The lowest BCUT2D eigenvalue weighted by Crippen LogP contribution is -2.29. The zero-order chi connectivity index (χ0) is 9.31. The van der Waals surface area contributed by atoms with Crippen LogP contribution < -0.4 is 10.5 Å². The van der Waals surface area contributed by atoms with Crippen LogP contribution >= 0.6 is 0 Å². The number of nitrogens with zero attached hydrogens (tertiary/aromatic N) is 1. The molecule has 1 aromatic rings. The van der Waals surface area contributed by atoms with Gasteiger partial charge in [0, 0.05) is 5.69 Å². The van der Waals surface area contributed by atoms with Crippen molar-refractivity contribution in [3.8, 4) is 5.75 Å². The monoisotopic (exact) mass is 178 g/mol. The summed E-state index contributed by atoms with van der Waals surface area (Å²) in [7, 11) is 0. The van der Waals surface area contributed by atoms with E-state index in [0.717, 1.165) is 24.3 Å². The van der Waals surface area contributed by atoms with Gasteiger partial charge in [-0.15, -0.1) is 0 Å². The minimum Gasteiger partial charge on any atom is -0.490 e. The lowest BCUT2D eigenvalue weighted by atomic mass is 10.3. The summed E-state index contributed by atoms with van der Waals surface area (Å²) in [6.45, 7) is 2.56. The maximum Gasteiger partial charge on any atom is 0.137 e. The highest BCUT2D eigenvalue weighted by Crippen LogP contribution is 2.32. The quantitative estimate of drug-likeness (QED) is 0.758. The summed E-state index contributed by atoms with van der Waals surface area (Å²) in [5.74, 6) is 0.808. The lowest BCUT2D eigenvalue weighted by molar-refractivity contribution is 0.278. The van der Waals surface area contributed by atoms with Crippen molar-refractivity contribution < 1.29 is 4.74 Å². The molecular weight excluding hydrogens is 164 g/mol. The summed E-state index contributed by atoms with van der Waals surface area (Å²) in [6, 6.07) is 3.86. The molecule has 1 aliphatic carbocycles. The summed E-state index contributed by atoms with van der Waals surface area (Å²) < 4.78 is 5.50. The van der Waals surface area contributed by atoms with Crippen LogP contribution in [0.1, 0.15) is 18.5 Å². The van der Waals surface area contributed by atoms with Crippen molar-refractivity contribution in [2.24, 2.45) is 5.73 Å². The van der Waals surface area contributed by atoms with Gasteiger partial charge in [0.15, 0.2) is 0 Å². The standard InChI is InChI=1S/C10H14N2O/c1-8-2-3-9(6-12-8)13-7-10(11)4-5-10/h2-3,6H,4-5,7,11H2,1H3. The Labute approximate surface area is 77.9 Å². The molecule has 0 saturated heterocycles. The molecule has 0 spiro atoms. The molecule has 2 N–H and O–H groups in total. The number of pyridine rings is 1. The Morgan fingerprint density at radius 1 is 1.54 bits per heavy atom. The van der Waals surface area contributed by atoms with Gasteiger partial charge >= 0.3 is 0 Å². The largest absolute Gasteiger partial charge is 0.490 e. The van der Waals surface area contributed by atoms with Gasteiger partial charge in [-0.1, -0.05) is 0 Å². The minimum absolute atomic E-state index is 0.0507.